The van der Waals surface area contributed by atoms with E-state index in [0.29, 0.717) is 25.6 Å². The lowest BCUT2D eigenvalue weighted by atomic mass is 9.96. The average molecular weight is 380 g/mol. The topological polar surface area (TPSA) is 69.7 Å². The number of benzene rings is 1. The van der Waals surface area contributed by atoms with E-state index in [1.165, 1.54) is 25.5 Å². The quantitative estimate of drug-likeness (QED) is 0.850. The number of carbonyl (C=O) groups excluding carboxylic acids is 1. The molecule has 0 aromatic heterocycles. The molecule has 1 amide bonds. The van der Waals surface area contributed by atoms with E-state index in [1.807, 2.05) is 23.1 Å². The molecular formula is C19H29N3O3S. The van der Waals surface area contributed by atoms with Crippen molar-refractivity contribution < 1.29 is 13.2 Å². The first-order valence-corrected chi connectivity index (χ1v) is 11.4. The molecule has 0 aliphatic carbocycles. The molecule has 0 unspecified atom stereocenters. The molecule has 144 valence electrons. The third kappa shape index (κ3) is 4.98. The van der Waals surface area contributed by atoms with Crippen molar-refractivity contribution in [3.8, 4) is 0 Å². The van der Waals surface area contributed by atoms with Crippen LogP contribution in [0.3, 0.4) is 0 Å². The lowest BCUT2D eigenvalue weighted by Gasteiger charge is -2.34. The summed E-state index contributed by atoms with van der Waals surface area (Å²) < 4.78 is 25.1. The highest BCUT2D eigenvalue weighted by Crippen LogP contribution is 2.27. The minimum absolute atomic E-state index is 0.0979. The molecule has 0 saturated carbocycles. The van der Waals surface area contributed by atoms with Crippen molar-refractivity contribution in [2.24, 2.45) is 5.92 Å². The van der Waals surface area contributed by atoms with Gasteiger partial charge in [0.05, 0.1) is 11.8 Å². The van der Waals surface area contributed by atoms with Crippen LogP contribution < -0.4 is 9.62 Å². The second-order valence-corrected chi connectivity index (χ2v) is 9.25. The first kappa shape index (κ1) is 19.2. The van der Waals surface area contributed by atoms with Gasteiger partial charge in [-0.2, -0.15) is 0 Å². The van der Waals surface area contributed by atoms with Gasteiger partial charge in [0.15, 0.2) is 0 Å². The van der Waals surface area contributed by atoms with Crippen LogP contribution in [0.1, 0.15) is 42.5 Å². The van der Waals surface area contributed by atoms with Gasteiger partial charge in [-0.3, -0.25) is 4.79 Å². The number of piperidine rings is 2. The van der Waals surface area contributed by atoms with Gasteiger partial charge in [-0.05, 0) is 50.2 Å². The molecule has 2 fully saturated rings. The van der Waals surface area contributed by atoms with Crippen molar-refractivity contribution in [2.45, 2.75) is 32.1 Å². The number of anilines is 1. The Kier molecular flexibility index (Phi) is 6.19. The van der Waals surface area contributed by atoms with Crippen LogP contribution in [0, 0.1) is 5.92 Å². The summed E-state index contributed by atoms with van der Waals surface area (Å²) in [5.74, 6) is 0.395. The summed E-state index contributed by atoms with van der Waals surface area (Å²) in [7, 11) is -3.15. The Labute approximate surface area is 156 Å². The van der Waals surface area contributed by atoms with Crippen LogP contribution in [-0.4, -0.2) is 58.2 Å². The number of amides is 1. The average Bonchev–Trinajstić information content (AvgIpc) is 2.66. The Morgan fingerprint density at radius 2 is 1.73 bits per heavy atom. The number of sulfonamides is 1. The van der Waals surface area contributed by atoms with Gasteiger partial charge >= 0.3 is 0 Å². The molecule has 3 rings (SSSR count). The van der Waals surface area contributed by atoms with Crippen LogP contribution in [-0.2, 0) is 10.0 Å². The normalized spacial score (nSPS) is 19.6. The first-order chi connectivity index (χ1) is 12.4. The summed E-state index contributed by atoms with van der Waals surface area (Å²) in [5.41, 5.74) is 1.85. The van der Waals surface area contributed by atoms with Crippen LogP contribution in [0.15, 0.2) is 24.3 Å². The van der Waals surface area contributed by atoms with E-state index in [-0.39, 0.29) is 5.91 Å². The minimum Gasteiger partial charge on any atom is -0.371 e. The molecule has 1 aromatic rings. The van der Waals surface area contributed by atoms with Crippen molar-refractivity contribution in [3.63, 3.8) is 0 Å². The molecule has 1 aromatic carbocycles. The number of nitrogens with one attached hydrogen (secondary N) is 1. The zero-order valence-corrected chi connectivity index (χ0v) is 16.3. The molecule has 2 aliphatic rings. The molecule has 0 radical (unpaired) electrons. The number of nitrogens with zero attached hydrogens (tertiary/aromatic N) is 2. The third-order valence-electron chi connectivity index (χ3n) is 5.37. The predicted molar refractivity (Wildman–Crippen MR) is 104 cm³/mol. The van der Waals surface area contributed by atoms with E-state index in [4.69, 9.17) is 0 Å². The highest BCUT2D eigenvalue weighted by atomic mass is 32.2. The second kappa shape index (κ2) is 8.39. The summed E-state index contributed by atoms with van der Waals surface area (Å²) in [6, 6.07) is 7.93. The van der Waals surface area contributed by atoms with E-state index in [1.54, 1.807) is 0 Å². The van der Waals surface area contributed by atoms with Crippen molar-refractivity contribution in [2.75, 3.05) is 43.9 Å². The molecule has 0 atom stereocenters. The highest BCUT2D eigenvalue weighted by Gasteiger charge is 2.26. The lowest BCUT2D eigenvalue weighted by Crippen LogP contribution is -2.42. The summed E-state index contributed by atoms with van der Waals surface area (Å²) in [4.78, 5) is 17.3. The van der Waals surface area contributed by atoms with Crippen LogP contribution in [0.25, 0.3) is 0 Å². The van der Waals surface area contributed by atoms with Crippen molar-refractivity contribution in [3.05, 3.63) is 29.8 Å². The van der Waals surface area contributed by atoms with Gasteiger partial charge in [0.1, 0.15) is 0 Å². The van der Waals surface area contributed by atoms with E-state index in [0.717, 1.165) is 37.2 Å². The van der Waals surface area contributed by atoms with E-state index < -0.39 is 10.0 Å². The van der Waals surface area contributed by atoms with Gasteiger partial charge in [-0.15, -0.1) is 0 Å². The lowest BCUT2D eigenvalue weighted by molar-refractivity contribution is 0.0692. The Morgan fingerprint density at radius 1 is 1.08 bits per heavy atom. The Bertz CT molecular complexity index is 721. The summed E-state index contributed by atoms with van der Waals surface area (Å²) in [6.07, 6.45) is 6.48. The molecule has 0 spiro atoms. The van der Waals surface area contributed by atoms with E-state index in [9.17, 15) is 13.2 Å². The monoisotopic (exact) mass is 379 g/mol. The van der Waals surface area contributed by atoms with E-state index >= 15 is 0 Å². The smallest absolute Gasteiger partial charge is 0.255 e. The second-order valence-electron chi connectivity index (χ2n) is 7.42. The fraction of sp³-hybridized carbons (Fsp3) is 0.632. The van der Waals surface area contributed by atoms with Gasteiger partial charge < -0.3 is 9.80 Å². The molecule has 2 heterocycles. The number of hydrogen-bond donors (Lipinski definition) is 1. The third-order valence-corrected chi connectivity index (χ3v) is 6.06. The molecule has 1 N–H and O–H groups in total. The number of carbonyl (C=O) groups is 1. The summed E-state index contributed by atoms with van der Waals surface area (Å²) in [5, 5.41) is 0. The molecule has 6 nitrogen and oxygen atoms in total. The molecular weight excluding hydrogens is 350 g/mol. The van der Waals surface area contributed by atoms with Crippen LogP contribution in [0.4, 0.5) is 5.69 Å². The molecule has 2 saturated heterocycles. The van der Waals surface area contributed by atoms with Crippen molar-refractivity contribution in [1.82, 2.24) is 9.62 Å². The number of para-hydroxylation sites is 1. The fourth-order valence-corrected chi connectivity index (χ4v) is 4.38. The SMILES string of the molecule is CS(=O)(=O)NCC1CCN(C(=O)c2ccccc2N2CCCCC2)CC1. The van der Waals surface area contributed by atoms with Crippen LogP contribution in [0.2, 0.25) is 0 Å². The first-order valence-electron chi connectivity index (χ1n) is 9.52. The van der Waals surface area contributed by atoms with Crippen LogP contribution >= 0.6 is 0 Å². The maximum Gasteiger partial charge on any atom is 0.255 e. The Hall–Kier alpha value is -1.60. The largest absolute Gasteiger partial charge is 0.371 e. The van der Waals surface area contributed by atoms with E-state index in [2.05, 4.69) is 15.7 Å². The van der Waals surface area contributed by atoms with Crippen LogP contribution in [0.5, 0.6) is 0 Å². The molecule has 0 bridgehead atoms. The number of rotatable bonds is 5. The van der Waals surface area contributed by atoms with Gasteiger partial charge in [0.2, 0.25) is 10.0 Å². The van der Waals surface area contributed by atoms with Crippen molar-refractivity contribution in [1.29, 1.82) is 0 Å². The van der Waals surface area contributed by atoms with Gasteiger partial charge in [-0.1, -0.05) is 12.1 Å². The Balaban J connectivity index is 1.62. The number of likely N-dealkylation sites (tertiary alicyclic amines) is 1. The van der Waals surface area contributed by atoms with Gasteiger partial charge in [-0.25, -0.2) is 13.1 Å². The highest BCUT2D eigenvalue weighted by molar-refractivity contribution is 7.88. The summed E-state index contributed by atoms with van der Waals surface area (Å²) in [6.45, 7) is 3.87. The molecule has 26 heavy (non-hydrogen) atoms. The molecule has 2 aliphatic heterocycles. The number of hydrogen-bond acceptors (Lipinski definition) is 4. The Morgan fingerprint density at radius 3 is 2.38 bits per heavy atom. The predicted octanol–water partition coefficient (Wildman–Crippen LogP) is 2.08. The maximum atomic E-state index is 13.1. The minimum atomic E-state index is -3.15. The maximum absolute atomic E-state index is 13.1. The fourth-order valence-electron chi connectivity index (χ4n) is 3.84. The molecule has 7 heteroatoms. The zero-order chi connectivity index (χ0) is 18.6. The van der Waals surface area contributed by atoms with Gasteiger partial charge in [0.25, 0.3) is 5.91 Å². The standard InChI is InChI=1S/C19H29N3O3S/c1-26(24,25)20-15-16-9-13-22(14-10-16)19(23)17-7-3-4-8-18(17)21-11-5-2-6-12-21/h3-4,7-8,16,20H,2,5-6,9-15H2,1H3. The van der Waals surface area contributed by atoms with Crippen molar-refractivity contribution >= 4 is 21.6 Å². The zero-order valence-electron chi connectivity index (χ0n) is 15.5. The van der Waals surface area contributed by atoms with Gasteiger partial charge in [0, 0.05) is 38.4 Å². The summed E-state index contributed by atoms with van der Waals surface area (Å²) >= 11 is 0.